The van der Waals surface area contributed by atoms with Crippen LogP contribution in [0.4, 0.5) is 4.39 Å². The molecule has 2 nitrogen and oxygen atoms in total. The Labute approximate surface area is 90.9 Å². The summed E-state index contributed by atoms with van der Waals surface area (Å²) in [6.45, 7) is 7.08. The lowest BCUT2D eigenvalue weighted by Crippen LogP contribution is -2.33. The second kappa shape index (κ2) is 5.81. The zero-order chi connectivity index (χ0) is 11.3. The van der Waals surface area contributed by atoms with Crippen molar-refractivity contribution in [1.82, 2.24) is 10.3 Å². The second-order valence-electron chi connectivity index (χ2n) is 3.73. The molecule has 1 aromatic rings. The van der Waals surface area contributed by atoms with Crippen LogP contribution in [0.5, 0.6) is 0 Å². The van der Waals surface area contributed by atoms with Gasteiger partial charge in [0.15, 0.2) is 0 Å². The number of hydrogen-bond acceptors (Lipinski definition) is 2. The number of aromatic nitrogens is 1. The van der Waals surface area contributed by atoms with E-state index in [1.807, 2.05) is 6.92 Å². The van der Waals surface area contributed by atoms with E-state index in [1.54, 1.807) is 12.3 Å². The fourth-order valence-electron chi connectivity index (χ4n) is 1.86. The summed E-state index contributed by atoms with van der Waals surface area (Å²) < 4.78 is 13.5. The molecule has 0 bridgehead atoms. The minimum Gasteiger partial charge on any atom is -0.314 e. The summed E-state index contributed by atoms with van der Waals surface area (Å²) in [6, 6.07) is 3.39. The van der Waals surface area contributed by atoms with Crippen LogP contribution in [0.25, 0.3) is 0 Å². The number of nitrogens with one attached hydrogen (secondary N) is 1. The monoisotopic (exact) mass is 210 g/mol. The van der Waals surface area contributed by atoms with E-state index >= 15 is 0 Å². The van der Waals surface area contributed by atoms with Crippen LogP contribution < -0.4 is 5.32 Å². The minimum absolute atomic E-state index is 0.108. The van der Waals surface area contributed by atoms with Gasteiger partial charge in [-0.25, -0.2) is 4.39 Å². The highest BCUT2D eigenvalue weighted by molar-refractivity contribution is 5.13. The molecule has 2 atom stereocenters. The Morgan fingerprint density at radius 3 is 2.73 bits per heavy atom. The molecule has 15 heavy (non-hydrogen) atoms. The van der Waals surface area contributed by atoms with Crippen molar-refractivity contribution >= 4 is 0 Å². The van der Waals surface area contributed by atoms with E-state index in [0.717, 1.165) is 13.0 Å². The first-order valence-electron chi connectivity index (χ1n) is 5.54. The van der Waals surface area contributed by atoms with Crippen LogP contribution in [0.15, 0.2) is 18.3 Å². The van der Waals surface area contributed by atoms with Gasteiger partial charge in [-0.15, -0.1) is 0 Å². The minimum atomic E-state index is -0.207. The van der Waals surface area contributed by atoms with Crippen LogP contribution >= 0.6 is 0 Å². The van der Waals surface area contributed by atoms with E-state index < -0.39 is 0 Å². The molecule has 0 saturated carbocycles. The Bertz CT molecular complexity index is 301. The van der Waals surface area contributed by atoms with Crippen molar-refractivity contribution in [2.75, 3.05) is 6.54 Å². The highest BCUT2D eigenvalue weighted by Crippen LogP contribution is 2.21. The maximum Gasteiger partial charge on any atom is 0.145 e. The molecule has 0 aliphatic carbocycles. The molecule has 0 aromatic carbocycles. The smallest absolute Gasteiger partial charge is 0.145 e. The van der Waals surface area contributed by atoms with Gasteiger partial charge in [-0.1, -0.05) is 20.8 Å². The van der Waals surface area contributed by atoms with Gasteiger partial charge in [0, 0.05) is 18.2 Å². The molecule has 1 N–H and O–H groups in total. The number of rotatable bonds is 5. The molecular formula is C12H19FN2. The van der Waals surface area contributed by atoms with Crippen LogP contribution in [0.2, 0.25) is 0 Å². The lowest BCUT2D eigenvalue weighted by molar-refractivity contribution is 0.428. The fourth-order valence-corrected chi connectivity index (χ4v) is 1.86. The van der Waals surface area contributed by atoms with Crippen LogP contribution in [0.1, 0.15) is 38.8 Å². The van der Waals surface area contributed by atoms with Crippen molar-refractivity contribution in [2.45, 2.75) is 39.2 Å². The summed E-state index contributed by atoms with van der Waals surface area (Å²) >= 11 is 0. The third-order valence-corrected chi connectivity index (χ3v) is 2.73. The van der Waals surface area contributed by atoms with Crippen molar-refractivity contribution in [3.63, 3.8) is 0 Å². The lowest BCUT2D eigenvalue weighted by Gasteiger charge is -2.23. The van der Waals surface area contributed by atoms with Gasteiger partial charge in [0.05, 0.1) is 5.69 Å². The summed E-state index contributed by atoms with van der Waals surface area (Å²) in [5, 5.41) is 3.35. The molecule has 0 radical (unpaired) electrons. The molecule has 84 valence electrons. The summed E-state index contributed by atoms with van der Waals surface area (Å²) in [6.07, 6.45) is 2.62. The molecule has 1 rings (SSSR count). The van der Waals surface area contributed by atoms with Crippen LogP contribution in [-0.4, -0.2) is 17.6 Å². The van der Waals surface area contributed by atoms with Gasteiger partial charge in [0.1, 0.15) is 5.82 Å². The SMILES string of the molecule is CCNC(CC)C(C)c1ncccc1F. The predicted octanol–water partition coefficient (Wildman–Crippen LogP) is 2.71. The Morgan fingerprint density at radius 1 is 1.47 bits per heavy atom. The highest BCUT2D eigenvalue weighted by atomic mass is 19.1. The van der Waals surface area contributed by atoms with Crippen molar-refractivity contribution in [3.05, 3.63) is 29.8 Å². The Kier molecular flexibility index (Phi) is 4.69. The maximum atomic E-state index is 13.5. The first kappa shape index (κ1) is 12.1. The average Bonchev–Trinajstić information content (AvgIpc) is 2.25. The van der Waals surface area contributed by atoms with E-state index in [0.29, 0.717) is 11.7 Å². The van der Waals surface area contributed by atoms with Gasteiger partial charge in [-0.3, -0.25) is 4.98 Å². The van der Waals surface area contributed by atoms with E-state index in [-0.39, 0.29) is 11.7 Å². The molecule has 0 amide bonds. The number of pyridine rings is 1. The van der Waals surface area contributed by atoms with E-state index in [9.17, 15) is 4.39 Å². The van der Waals surface area contributed by atoms with Crippen LogP contribution in [-0.2, 0) is 0 Å². The van der Waals surface area contributed by atoms with Crippen molar-refractivity contribution in [2.24, 2.45) is 0 Å². The molecule has 1 heterocycles. The summed E-state index contributed by atoms with van der Waals surface area (Å²) in [5.41, 5.74) is 0.560. The lowest BCUT2D eigenvalue weighted by atomic mass is 9.95. The molecule has 1 aromatic heterocycles. The quantitative estimate of drug-likeness (QED) is 0.808. The molecule has 0 spiro atoms. The van der Waals surface area contributed by atoms with Gasteiger partial charge in [0.2, 0.25) is 0 Å². The molecule has 0 aliphatic heterocycles. The second-order valence-corrected chi connectivity index (χ2v) is 3.73. The third-order valence-electron chi connectivity index (χ3n) is 2.73. The normalized spacial score (nSPS) is 14.9. The summed E-state index contributed by atoms with van der Waals surface area (Å²) in [5.74, 6) is -0.0995. The first-order valence-corrected chi connectivity index (χ1v) is 5.54. The first-order chi connectivity index (χ1) is 7.20. The van der Waals surface area contributed by atoms with E-state index in [4.69, 9.17) is 0 Å². The van der Waals surface area contributed by atoms with Crippen molar-refractivity contribution in [1.29, 1.82) is 0 Å². The van der Waals surface area contributed by atoms with Gasteiger partial charge in [0.25, 0.3) is 0 Å². The topological polar surface area (TPSA) is 24.9 Å². The van der Waals surface area contributed by atoms with Gasteiger partial charge in [-0.2, -0.15) is 0 Å². The zero-order valence-corrected chi connectivity index (χ0v) is 9.63. The largest absolute Gasteiger partial charge is 0.314 e. The Balaban J connectivity index is 2.82. The van der Waals surface area contributed by atoms with Gasteiger partial charge in [-0.05, 0) is 25.1 Å². The number of halogens is 1. The van der Waals surface area contributed by atoms with Gasteiger partial charge < -0.3 is 5.32 Å². The van der Waals surface area contributed by atoms with Gasteiger partial charge >= 0.3 is 0 Å². The summed E-state index contributed by atoms with van der Waals surface area (Å²) in [7, 11) is 0. The molecule has 0 aliphatic rings. The molecule has 2 unspecified atom stereocenters. The average molecular weight is 210 g/mol. The van der Waals surface area contributed by atoms with Crippen molar-refractivity contribution < 1.29 is 4.39 Å². The number of likely N-dealkylation sites (N-methyl/N-ethyl adjacent to an activating group) is 1. The molecular weight excluding hydrogens is 191 g/mol. The molecule has 3 heteroatoms. The maximum absolute atomic E-state index is 13.5. The number of hydrogen-bond donors (Lipinski definition) is 1. The standard InChI is InChI=1S/C12H19FN2/c1-4-11(14-5-2)9(3)12-10(13)7-6-8-15-12/h6-9,11,14H,4-5H2,1-3H3. The number of nitrogens with zero attached hydrogens (tertiary/aromatic N) is 1. The van der Waals surface area contributed by atoms with Crippen LogP contribution in [0.3, 0.4) is 0 Å². The molecule has 0 saturated heterocycles. The third kappa shape index (κ3) is 2.99. The Hall–Kier alpha value is -0.960. The van der Waals surface area contributed by atoms with Crippen molar-refractivity contribution in [3.8, 4) is 0 Å². The molecule has 0 fully saturated rings. The van der Waals surface area contributed by atoms with E-state index in [2.05, 4.69) is 24.1 Å². The Morgan fingerprint density at radius 2 is 2.20 bits per heavy atom. The zero-order valence-electron chi connectivity index (χ0n) is 9.63. The highest BCUT2D eigenvalue weighted by Gasteiger charge is 2.20. The van der Waals surface area contributed by atoms with E-state index in [1.165, 1.54) is 6.07 Å². The fraction of sp³-hybridized carbons (Fsp3) is 0.583. The predicted molar refractivity (Wildman–Crippen MR) is 60.4 cm³/mol. The van der Waals surface area contributed by atoms with Crippen LogP contribution in [0, 0.1) is 5.82 Å². The summed E-state index contributed by atoms with van der Waals surface area (Å²) in [4.78, 5) is 4.11.